The Morgan fingerprint density at radius 3 is 1.94 bits per heavy atom. The molecule has 0 saturated heterocycles. The Morgan fingerprint density at radius 1 is 0.968 bits per heavy atom. The molecule has 0 fully saturated rings. The second-order valence-electron chi connectivity index (χ2n) is 8.26. The van der Waals surface area contributed by atoms with Gasteiger partial charge in [-0.15, -0.1) is 0 Å². The van der Waals surface area contributed by atoms with Crippen LogP contribution < -0.4 is 0 Å². The number of hydrogen-bond acceptors (Lipinski definition) is 4. The van der Waals surface area contributed by atoms with Gasteiger partial charge in [0.25, 0.3) is 0 Å². The van der Waals surface area contributed by atoms with Crippen LogP contribution in [0.15, 0.2) is 45.4 Å². The molecule has 0 radical (unpaired) electrons. The van der Waals surface area contributed by atoms with Crippen molar-refractivity contribution in [3.63, 3.8) is 0 Å². The minimum absolute atomic E-state index is 0.199. The Balaban J connectivity index is 3.15. The van der Waals surface area contributed by atoms with Gasteiger partial charge < -0.3 is 0 Å². The monoisotopic (exact) mass is 559 g/mol. The molecule has 31 heavy (non-hydrogen) atoms. The normalized spacial score (nSPS) is 12.5. The van der Waals surface area contributed by atoms with E-state index in [0.29, 0.717) is 0 Å². The van der Waals surface area contributed by atoms with Crippen LogP contribution >= 0.6 is 0 Å². The molecule has 1 rings (SSSR count). The molecule has 0 saturated carbocycles. The number of benzene rings is 1. The van der Waals surface area contributed by atoms with Crippen LogP contribution in [0.4, 0.5) is 0 Å². The van der Waals surface area contributed by atoms with Crippen LogP contribution in [0.5, 0.6) is 0 Å². The predicted molar refractivity (Wildman–Crippen MR) is 131 cm³/mol. The van der Waals surface area contributed by atoms with Gasteiger partial charge in [0.2, 0.25) is 0 Å². The van der Waals surface area contributed by atoms with Crippen LogP contribution in [0.2, 0.25) is 13.3 Å². The molecule has 0 unspecified atom stereocenters. The molecule has 0 spiro atoms. The number of nitrogens with zero attached hydrogens (tertiary/aromatic N) is 1. The molecule has 0 aromatic heterocycles. The van der Waals surface area contributed by atoms with Gasteiger partial charge in [-0.05, 0) is 0 Å². The molecule has 0 amide bonds. The van der Waals surface area contributed by atoms with Crippen LogP contribution in [-0.4, -0.2) is 57.3 Å². The summed E-state index contributed by atoms with van der Waals surface area (Å²) in [7, 11) is -2.49. The van der Waals surface area contributed by atoms with E-state index in [1.165, 1.54) is 63.3 Å². The summed E-state index contributed by atoms with van der Waals surface area (Å²) in [4.78, 5) is 12.1. The number of rotatable bonds is 16. The molecular formula is C24H41NO4SSn. The third kappa shape index (κ3) is 9.66. The summed E-state index contributed by atoms with van der Waals surface area (Å²) in [5, 5.41) is 0. The van der Waals surface area contributed by atoms with Gasteiger partial charge in [0.05, 0.1) is 0 Å². The van der Waals surface area contributed by atoms with E-state index < -0.39 is 34.4 Å². The second-order valence-corrected chi connectivity index (χ2v) is 23.2. The standard InChI is InChI=1S/C12H14NO4S.3C4H9.Sn/c1-3-9-13(10-12(14)17-2)18(15,16)11-7-5-4-6-8-11;3*1-3-4-2;/h1,3-8H,9-10H2,2H3;3*1,3-4H2,2H3;. The first-order chi connectivity index (χ1) is 14.8. The zero-order valence-corrected chi connectivity index (χ0v) is 23.5. The van der Waals surface area contributed by atoms with Gasteiger partial charge in [-0.1, -0.05) is 0 Å². The van der Waals surface area contributed by atoms with E-state index in [1.807, 2.05) is 6.08 Å². The molecule has 5 nitrogen and oxygen atoms in total. The molecular weight excluding hydrogens is 517 g/mol. The summed E-state index contributed by atoms with van der Waals surface area (Å²) in [6.07, 6.45) is 9.39. The van der Waals surface area contributed by atoms with Crippen LogP contribution in [0, 0.1) is 0 Å². The third-order valence-electron chi connectivity index (χ3n) is 5.78. The maximum absolute atomic E-state index is 13.2. The van der Waals surface area contributed by atoms with Crippen molar-refractivity contribution < 1.29 is 17.9 Å². The first-order valence-electron chi connectivity index (χ1n) is 11.6. The molecule has 1 aromatic rings. The van der Waals surface area contributed by atoms with Crippen LogP contribution in [0.3, 0.4) is 0 Å². The second kappa shape index (κ2) is 15.1. The zero-order chi connectivity index (χ0) is 23.2. The predicted octanol–water partition coefficient (Wildman–Crippen LogP) is 5.79. The van der Waals surface area contributed by atoms with Crippen molar-refractivity contribution in [3.05, 3.63) is 40.5 Å². The molecule has 0 aliphatic rings. The van der Waals surface area contributed by atoms with Gasteiger partial charge in [0.1, 0.15) is 0 Å². The van der Waals surface area contributed by atoms with Crippen molar-refractivity contribution in [2.45, 2.75) is 77.5 Å². The average molecular weight is 558 g/mol. The minimum atomic E-state index is -3.77. The Hall–Kier alpha value is -0.861. The van der Waals surface area contributed by atoms with Gasteiger partial charge in [0, 0.05) is 0 Å². The van der Waals surface area contributed by atoms with Crippen molar-refractivity contribution >= 4 is 34.4 Å². The van der Waals surface area contributed by atoms with Gasteiger partial charge >= 0.3 is 195 Å². The molecule has 0 heterocycles. The molecule has 176 valence electrons. The number of methoxy groups -OCH3 is 1. The van der Waals surface area contributed by atoms with E-state index in [0.717, 1.165) is 0 Å². The van der Waals surface area contributed by atoms with Crippen LogP contribution in [0.1, 0.15) is 59.3 Å². The molecule has 0 N–H and O–H groups in total. The van der Waals surface area contributed by atoms with Crippen molar-refractivity contribution in [2.24, 2.45) is 0 Å². The Morgan fingerprint density at radius 2 is 1.48 bits per heavy atom. The van der Waals surface area contributed by atoms with Crippen molar-refractivity contribution in [1.82, 2.24) is 4.31 Å². The fourth-order valence-electron chi connectivity index (χ4n) is 3.83. The van der Waals surface area contributed by atoms with E-state index in [9.17, 15) is 13.2 Å². The van der Waals surface area contributed by atoms with E-state index in [1.54, 1.807) is 30.3 Å². The van der Waals surface area contributed by atoms with E-state index in [4.69, 9.17) is 4.74 Å². The molecule has 0 aliphatic heterocycles. The van der Waals surface area contributed by atoms with Crippen LogP contribution in [0.25, 0.3) is 0 Å². The summed E-state index contributed by atoms with van der Waals surface area (Å²) < 4.78 is 38.7. The quantitative estimate of drug-likeness (QED) is 0.190. The number of carbonyl (C=O) groups is 1. The summed E-state index contributed by atoms with van der Waals surface area (Å²) in [5.74, 6) is -0.550. The Labute approximate surface area is 194 Å². The molecule has 0 aliphatic carbocycles. The number of esters is 1. The summed E-state index contributed by atoms with van der Waals surface area (Å²) in [6.45, 7) is 6.65. The first kappa shape index (κ1) is 28.2. The zero-order valence-electron chi connectivity index (χ0n) is 19.8. The van der Waals surface area contributed by atoms with Crippen molar-refractivity contribution in [3.8, 4) is 0 Å². The molecule has 7 heteroatoms. The SMILES string of the molecule is CCC[CH2][Sn](/[CH]=C/CN(CC(=O)OC)S(=O)(=O)c1ccccc1)([CH2]CCC)[CH2]CCC. The number of carbonyl (C=O) groups excluding carboxylic acids is 1. The number of hydrogen-bond donors (Lipinski definition) is 0. The van der Waals surface area contributed by atoms with Gasteiger partial charge in [-0.25, -0.2) is 0 Å². The Bertz CT molecular complexity index is 743. The van der Waals surface area contributed by atoms with E-state index in [-0.39, 0.29) is 18.0 Å². The van der Waals surface area contributed by atoms with Crippen molar-refractivity contribution in [1.29, 1.82) is 0 Å². The van der Waals surface area contributed by atoms with Gasteiger partial charge in [-0.3, -0.25) is 0 Å². The summed E-state index contributed by atoms with van der Waals surface area (Å²) >= 11 is -2.51. The van der Waals surface area contributed by atoms with E-state index >= 15 is 0 Å². The summed E-state index contributed by atoms with van der Waals surface area (Å²) in [5.41, 5.74) is 0. The fourth-order valence-corrected chi connectivity index (χ4v) is 19.5. The van der Waals surface area contributed by atoms with Crippen LogP contribution in [-0.2, 0) is 19.6 Å². The first-order valence-corrected chi connectivity index (χ1v) is 20.8. The van der Waals surface area contributed by atoms with Gasteiger partial charge in [-0.2, -0.15) is 0 Å². The average Bonchev–Trinajstić information content (AvgIpc) is 2.79. The number of sulfonamides is 1. The van der Waals surface area contributed by atoms with E-state index in [2.05, 4.69) is 24.9 Å². The third-order valence-corrected chi connectivity index (χ3v) is 21.8. The Kier molecular flexibility index (Phi) is 13.7. The fraction of sp³-hybridized carbons (Fsp3) is 0.625. The maximum atomic E-state index is 13.2. The van der Waals surface area contributed by atoms with Gasteiger partial charge in [0.15, 0.2) is 0 Å². The summed E-state index contributed by atoms with van der Waals surface area (Å²) in [6, 6.07) is 8.30. The topological polar surface area (TPSA) is 63.7 Å². The molecule has 0 bridgehead atoms. The number of unbranched alkanes of at least 4 members (excludes halogenated alkanes) is 3. The number of ether oxygens (including phenoxy) is 1. The molecule has 1 aromatic carbocycles. The van der Waals surface area contributed by atoms with Crippen molar-refractivity contribution in [2.75, 3.05) is 20.2 Å². The molecule has 0 atom stereocenters.